The van der Waals surface area contributed by atoms with Crippen molar-refractivity contribution in [3.63, 3.8) is 0 Å². The molecular formula is C22H29BrN4O2. The van der Waals surface area contributed by atoms with Gasteiger partial charge in [0.25, 0.3) is 0 Å². The number of amides is 1. The third kappa shape index (κ3) is 5.07. The van der Waals surface area contributed by atoms with Crippen LogP contribution in [0.4, 0.5) is 0 Å². The third-order valence-electron chi connectivity index (χ3n) is 6.34. The van der Waals surface area contributed by atoms with Crippen molar-refractivity contribution in [3.8, 4) is 11.4 Å². The second kappa shape index (κ2) is 9.39. The maximum absolute atomic E-state index is 12.9. The van der Waals surface area contributed by atoms with Gasteiger partial charge in [0.15, 0.2) is 0 Å². The van der Waals surface area contributed by atoms with E-state index in [9.17, 15) is 4.79 Å². The molecule has 1 aromatic carbocycles. The number of halogens is 1. The van der Waals surface area contributed by atoms with E-state index in [1.165, 1.54) is 32.1 Å². The SMILES string of the molecule is CN(C(=O)C1CCN(Cc2nc(-c3ccc(Br)cc3)no2)CC1)C1CCCCC1. The molecule has 2 aliphatic rings. The Balaban J connectivity index is 1.28. The van der Waals surface area contributed by atoms with E-state index in [1.807, 2.05) is 36.2 Å². The average molecular weight is 461 g/mol. The van der Waals surface area contributed by atoms with Crippen molar-refractivity contribution in [1.29, 1.82) is 0 Å². The molecule has 29 heavy (non-hydrogen) atoms. The highest BCUT2D eigenvalue weighted by Gasteiger charge is 2.31. The van der Waals surface area contributed by atoms with Crippen LogP contribution in [-0.2, 0) is 11.3 Å². The molecule has 1 saturated carbocycles. The van der Waals surface area contributed by atoms with Crippen LogP contribution in [0.5, 0.6) is 0 Å². The second-order valence-electron chi connectivity index (χ2n) is 8.31. The number of benzene rings is 1. The molecule has 1 amide bonds. The van der Waals surface area contributed by atoms with Crippen LogP contribution >= 0.6 is 15.9 Å². The Bertz CT molecular complexity index is 808. The highest BCUT2D eigenvalue weighted by atomic mass is 79.9. The second-order valence-corrected chi connectivity index (χ2v) is 9.23. The van der Waals surface area contributed by atoms with Crippen LogP contribution in [0.1, 0.15) is 50.8 Å². The minimum atomic E-state index is 0.152. The molecule has 1 aliphatic carbocycles. The summed E-state index contributed by atoms with van der Waals surface area (Å²) >= 11 is 3.44. The maximum atomic E-state index is 12.9. The first-order valence-electron chi connectivity index (χ1n) is 10.7. The minimum absolute atomic E-state index is 0.152. The first kappa shape index (κ1) is 20.5. The number of rotatable bonds is 5. The van der Waals surface area contributed by atoms with Gasteiger partial charge in [-0.25, -0.2) is 0 Å². The number of carbonyl (C=O) groups is 1. The summed E-state index contributed by atoms with van der Waals surface area (Å²) in [5.74, 6) is 1.74. The minimum Gasteiger partial charge on any atom is -0.343 e. The number of likely N-dealkylation sites (tertiary alicyclic amines) is 1. The van der Waals surface area contributed by atoms with E-state index in [0.29, 0.717) is 30.2 Å². The van der Waals surface area contributed by atoms with Crippen molar-refractivity contribution in [2.45, 2.75) is 57.5 Å². The summed E-state index contributed by atoms with van der Waals surface area (Å²) in [6.07, 6.45) is 7.97. The van der Waals surface area contributed by atoms with Crippen molar-refractivity contribution in [2.75, 3.05) is 20.1 Å². The number of nitrogens with zero attached hydrogens (tertiary/aromatic N) is 4. The molecule has 7 heteroatoms. The maximum Gasteiger partial charge on any atom is 0.241 e. The van der Waals surface area contributed by atoms with Crippen LogP contribution in [0.25, 0.3) is 11.4 Å². The van der Waals surface area contributed by atoms with Gasteiger partial charge in [0.1, 0.15) is 0 Å². The number of aromatic nitrogens is 2. The summed E-state index contributed by atoms with van der Waals surface area (Å²) in [7, 11) is 2.01. The van der Waals surface area contributed by atoms with Crippen LogP contribution in [0.15, 0.2) is 33.3 Å². The van der Waals surface area contributed by atoms with Crippen molar-refractivity contribution in [1.82, 2.24) is 19.9 Å². The fourth-order valence-corrected chi connectivity index (χ4v) is 4.77. The molecule has 0 atom stereocenters. The topological polar surface area (TPSA) is 62.5 Å². The first-order valence-corrected chi connectivity index (χ1v) is 11.5. The zero-order valence-electron chi connectivity index (χ0n) is 17.0. The molecular weight excluding hydrogens is 432 g/mol. The lowest BCUT2D eigenvalue weighted by Crippen LogP contribution is -2.45. The van der Waals surface area contributed by atoms with Gasteiger partial charge in [-0.15, -0.1) is 0 Å². The average Bonchev–Trinajstić information content (AvgIpc) is 3.23. The predicted molar refractivity (Wildman–Crippen MR) is 115 cm³/mol. The van der Waals surface area contributed by atoms with Crippen LogP contribution in [0, 0.1) is 5.92 Å². The molecule has 2 fully saturated rings. The molecule has 0 N–H and O–H groups in total. The number of hydrogen-bond donors (Lipinski definition) is 0. The highest BCUT2D eigenvalue weighted by Crippen LogP contribution is 2.26. The fourth-order valence-electron chi connectivity index (χ4n) is 4.50. The quantitative estimate of drug-likeness (QED) is 0.656. The van der Waals surface area contributed by atoms with E-state index < -0.39 is 0 Å². The molecule has 0 unspecified atom stereocenters. The van der Waals surface area contributed by atoms with Crippen LogP contribution in [-0.4, -0.2) is 52.0 Å². The molecule has 0 radical (unpaired) electrons. The van der Waals surface area contributed by atoms with E-state index in [0.717, 1.165) is 36.0 Å². The third-order valence-corrected chi connectivity index (χ3v) is 6.86. The molecule has 0 spiro atoms. The molecule has 4 rings (SSSR count). The number of hydrogen-bond acceptors (Lipinski definition) is 5. The Morgan fingerprint density at radius 2 is 1.83 bits per heavy atom. The normalized spacial score (nSPS) is 19.4. The number of piperidine rings is 1. The van der Waals surface area contributed by atoms with E-state index in [1.54, 1.807) is 0 Å². The highest BCUT2D eigenvalue weighted by molar-refractivity contribution is 9.10. The van der Waals surface area contributed by atoms with Gasteiger partial charge in [-0.05, 0) is 63.0 Å². The molecule has 6 nitrogen and oxygen atoms in total. The molecule has 2 heterocycles. The van der Waals surface area contributed by atoms with E-state index >= 15 is 0 Å². The van der Waals surface area contributed by atoms with E-state index in [-0.39, 0.29) is 5.92 Å². The Kier molecular flexibility index (Phi) is 6.65. The van der Waals surface area contributed by atoms with E-state index in [4.69, 9.17) is 4.52 Å². The van der Waals surface area contributed by atoms with Gasteiger partial charge in [0.05, 0.1) is 6.54 Å². The summed E-state index contributed by atoms with van der Waals surface area (Å²) in [6, 6.07) is 8.33. The van der Waals surface area contributed by atoms with Crippen molar-refractivity contribution in [3.05, 3.63) is 34.6 Å². The van der Waals surface area contributed by atoms with Gasteiger partial charge < -0.3 is 9.42 Å². The standard InChI is InChI=1S/C22H29BrN4O2/c1-26(19-5-3-2-4-6-19)22(28)17-11-13-27(14-12-17)15-20-24-21(25-29-20)16-7-9-18(23)10-8-16/h7-10,17,19H,2-6,11-15H2,1H3. The van der Waals surface area contributed by atoms with Crippen molar-refractivity contribution < 1.29 is 9.32 Å². The molecule has 1 aromatic heterocycles. The van der Waals surface area contributed by atoms with Gasteiger partial charge in [-0.1, -0.05) is 40.3 Å². The Morgan fingerprint density at radius 3 is 2.52 bits per heavy atom. The Labute approximate surface area is 180 Å². The van der Waals surface area contributed by atoms with Gasteiger partial charge in [0, 0.05) is 29.0 Å². The lowest BCUT2D eigenvalue weighted by Gasteiger charge is -2.36. The van der Waals surface area contributed by atoms with Crippen molar-refractivity contribution >= 4 is 21.8 Å². The van der Waals surface area contributed by atoms with Gasteiger partial charge in [0.2, 0.25) is 17.6 Å². The van der Waals surface area contributed by atoms with Crippen LogP contribution < -0.4 is 0 Å². The lowest BCUT2D eigenvalue weighted by molar-refractivity contribution is -0.138. The molecule has 0 bridgehead atoms. The fraction of sp³-hybridized carbons (Fsp3) is 0.591. The molecule has 156 valence electrons. The van der Waals surface area contributed by atoms with Gasteiger partial charge in [-0.2, -0.15) is 4.98 Å². The van der Waals surface area contributed by atoms with E-state index in [2.05, 4.69) is 31.0 Å². The largest absolute Gasteiger partial charge is 0.343 e. The Morgan fingerprint density at radius 1 is 1.14 bits per heavy atom. The zero-order chi connectivity index (χ0) is 20.2. The first-order chi connectivity index (χ1) is 14.1. The van der Waals surface area contributed by atoms with Crippen molar-refractivity contribution in [2.24, 2.45) is 5.92 Å². The summed E-state index contributed by atoms with van der Waals surface area (Å²) < 4.78 is 6.48. The Hall–Kier alpha value is -1.73. The summed E-state index contributed by atoms with van der Waals surface area (Å²) in [4.78, 5) is 21.8. The molecule has 1 aliphatic heterocycles. The zero-order valence-corrected chi connectivity index (χ0v) is 18.6. The summed E-state index contributed by atoms with van der Waals surface area (Å²) in [5, 5.41) is 4.11. The summed E-state index contributed by atoms with van der Waals surface area (Å²) in [5.41, 5.74) is 0.943. The summed E-state index contributed by atoms with van der Waals surface area (Å²) in [6.45, 7) is 2.43. The van der Waals surface area contributed by atoms with Gasteiger partial charge in [-0.3, -0.25) is 9.69 Å². The van der Waals surface area contributed by atoms with Gasteiger partial charge >= 0.3 is 0 Å². The predicted octanol–water partition coefficient (Wildman–Crippen LogP) is 4.50. The number of carbonyl (C=O) groups excluding carboxylic acids is 1. The van der Waals surface area contributed by atoms with Crippen LogP contribution in [0.2, 0.25) is 0 Å². The van der Waals surface area contributed by atoms with Crippen LogP contribution in [0.3, 0.4) is 0 Å². The monoisotopic (exact) mass is 460 g/mol. The smallest absolute Gasteiger partial charge is 0.241 e. The molecule has 1 saturated heterocycles. The lowest BCUT2D eigenvalue weighted by atomic mass is 9.91. The molecule has 2 aromatic rings.